The fraction of sp³-hybridized carbons (Fsp3) is 0.0222. The number of hydrogen-bond acceptors (Lipinski definition) is 4. The van der Waals surface area contributed by atoms with Gasteiger partial charge in [0.05, 0.1) is 43.4 Å². The average Bonchev–Trinajstić information content (AvgIpc) is 4.21. The highest BCUT2D eigenvalue weighted by molar-refractivity contribution is 7.21. The Morgan fingerprint density at radius 1 is 0.214 bits per heavy atom. The Balaban J connectivity index is 1.39. The van der Waals surface area contributed by atoms with Crippen molar-refractivity contribution in [1.82, 2.24) is 4.57 Å². The molecule has 9 aromatic rings. The molecule has 360 valence electrons. The molecule has 0 saturated carbocycles. The number of nitrogens with zero attached hydrogens (tertiary/aromatic N) is 1. The van der Waals surface area contributed by atoms with Crippen LogP contribution in [0.4, 0.5) is 87.8 Å². The van der Waals surface area contributed by atoms with Crippen molar-refractivity contribution in [2.75, 3.05) is 0 Å². The minimum Gasteiger partial charge on any atom is -0.341 e. The van der Waals surface area contributed by atoms with Gasteiger partial charge in [-0.2, -0.15) is 0 Å². The second-order valence-corrected chi connectivity index (χ2v) is 18.8. The van der Waals surface area contributed by atoms with Gasteiger partial charge in [-0.25, -0.2) is 87.8 Å². The molecule has 9 rings (SSSR count). The van der Waals surface area contributed by atoms with Gasteiger partial charge in [0.25, 0.3) is 0 Å². The Kier molecular flexibility index (Phi) is 12.1. The zero-order chi connectivity index (χ0) is 50.8. The molecule has 0 spiro atoms. The SMILES string of the molecule is Cn1c(-c2ccc(-c3c(F)c(F)c(F)c(F)c3F)s2)c(-c2ccc(-c3c(F)c(F)c(F)c(F)c3F)s2)c(-c2ccc(-c3c(F)c(F)c(F)c(F)c3F)s2)c1-c1ccc(-c2c(F)c(F)c(F)c(F)c2F)s1. The molecule has 0 bridgehead atoms. The van der Waals surface area contributed by atoms with E-state index in [4.69, 9.17) is 0 Å². The highest BCUT2D eigenvalue weighted by Crippen LogP contribution is 2.56. The van der Waals surface area contributed by atoms with Crippen LogP contribution in [-0.4, -0.2) is 4.57 Å². The van der Waals surface area contributed by atoms with Crippen molar-refractivity contribution in [3.05, 3.63) is 165 Å². The molecule has 0 radical (unpaired) electrons. The summed E-state index contributed by atoms with van der Waals surface area (Å²) in [5, 5.41) is 0. The zero-order valence-corrected chi connectivity index (χ0v) is 36.5. The molecule has 4 aromatic carbocycles. The number of halogens is 20. The molecule has 0 aliphatic rings. The molecule has 0 atom stereocenters. The summed E-state index contributed by atoms with van der Waals surface area (Å²) in [7, 11) is 1.18. The summed E-state index contributed by atoms with van der Waals surface area (Å²) in [5.41, 5.74) is -6.91. The van der Waals surface area contributed by atoms with Crippen molar-refractivity contribution in [1.29, 1.82) is 0 Å². The largest absolute Gasteiger partial charge is 0.341 e. The molecule has 0 aliphatic carbocycles. The van der Waals surface area contributed by atoms with Crippen LogP contribution in [0.1, 0.15) is 0 Å². The normalized spacial score (nSPS) is 11.8. The molecule has 0 N–H and O–H groups in total. The first-order valence-electron chi connectivity index (χ1n) is 18.7. The molecule has 1 nitrogen and oxygen atoms in total. The van der Waals surface area contributed by atoms with E-state index in [1.54, 1.807) is 0 Å². The Labute approximate surface area is 392 Å². The summed E-state index contributed by atoms with van der Waals surface area (Å²) in [5.74, 6) is -47.4. The van der Waals surface area contributed by atoms with E-state index in [9.17, 15) is 52.7 Å². The number of thiophene rings is 4. The molecular formula is C45H11F20NS4. The van der Waals surface area contributed by atoms with E-state index in [2.05, 4.69) is 0 Å². The van der Waals surface area contributed by atoms with Gasteiger partial charge in [-0.15, -0.1) is 45.3 Å². The molecule has 0 saturated heterocycles. The van der Waals surface area contributed by atoms with Gasteiger partial charge in [-0.3, -0.25) is 0 Å². The summed E-state index contributed by atoms with van der Waals surface area (Å²) in [6.07, 6.45) is 0. The number of aromatic nitrogens is 1. The van der Waals surface area contributed by atoms with E-state index < -0.39 is 158 Å². The van der Waals surface area contributed by atoms with Crippen molar-refractivity contribution in [3.63, 3.8) is 0 Å². The fourth-order valence-electron chi connectivity index (χ4n) is 7.44. The van der Waals surface area contributed by atoms with Crippen LogP contribution < -0.4 is 0 Å². The maximum Gasteiger partial charge on any atom is 0.200 e. The molecule has 25 heteroatoms. The molecule has 0 unspecified atom stereocenters. The van der Waals surface area contributed by atoms with Crippen LogP contribution in [0.2, 0.25) is 0 Å². The summed E-state index contributed by atoms with van der Waals surface area (Å²) in [6, 6.07) is 7.61. The van der Waals surface area contributed by atoms with Gasteiger partial charge >= 0.3 is 0 Å². The van der Waals surface area contributed by atoms with E-state index in [1.807, 2.05) is 0 Å². The first kappa shape index (κ1) is 48.6. The summed E-state index contributed by atoms with van der Waals surface area (Å²) >= 11 is 1.21. The van der Waals surface area contributed by atoms with Crippen LogP contribution in [0.25, 0.3) is 83.8 Å². The highest BCUT2D eigenvalue weighted by Gasteiger charge is 2.35. The standard InChI is InChI=1S/C45H11F20NS4/c1-66-44(16-8-6-14(69-16)22-28(50)36(58)42(64)37(59)29(22)51)18(10-2-4-12(67-10)20-24(46)32(54)40(62)33(55)25(20)47)19(11-3-5-13(68-11)21-26(48)34(56)41(63)35(57)27(21)49)45(66)17-9-7-15(70-17)23-30(52)38(60)43(65)39(61)31(23)53/h2-9H,1H3. The Bertz CT molecular complexity index is 3350. The summed E-state index contributed by atoms with van der Waals surface area (Å²) in [6.45, 7) is 0. The number of rotatable bonds is 8. The monoisotopic (exact) mass is 1070 g/mol. The third kappa shape index (κ3) is 7.16. The van der Waals surface area contributed by atoms with Gasteiger partial charge in [-0.1, -0.05) is 0 Å². The van der Waals surface area contributed by atoms with Crippen LogP contribution in [0.15, 0.2) is 48.5 Å². The molecule has 0 amide bonds. The maximum absolute atomic E-state index is 15.3. The molecule has 5 heterocycles. The van der Waals surface area contributed by atoms with E-state index in [0.29, 0.717) is 22.7 Å². The second-order valence-electron chi connectivity index (χ2n) is 14.4. The lowest BCUT2D eigenvalue weighted by molar-refractivity contribution is 0.381. The molecule has 0 aliphatic heterocycles. The van der Waals surface area contributed by atoms with E-state index >= 15 is 35.1 Å². The first-order valence-corrected chi connectivity index (χ1v) is 22.0. The quantitative estimate of drug-likeness (QED) is 0.0812. The second kappa shape index (κ2) is 17.4. The van der Waals surface area contributed by atoms with Gasteiger partial charge in [0.1, 0.15) is 0 Å². The minimum atomic E-state index is -2.53. The predicted molar refractivity (Wildman–Crippen MR) is 220 cm³/mol. The Morgan fingerprint density at radius 3 is 0.557 bits per heavy atom. The number of benzene rings is 4. The smallest absolute Gasteiger partial charge is 0.200 e. The third-order valence-corrected chi connectivity index (χ3v) is 15.1. The molecule has 0 fully saturated rings. The van der Waals surface area contributed by atoms with Crippen molar-refractivity contribution < 1.29 is 87.8 Å². The maximum atomic E-state index is 15.3. The number of hydrogen-bond donors (Lipinski definition) is 0. The van der Waals surface area contributed by atoms with Crippen LogP contribution >= 0.6 is 45.3 Å². The topological polar surface area (TPSA) is 4.93 Å². The summed E-state index contributed by atoms with van der Waals surface area (Å²) in [4.78, 5) is -3.64. The van der Waals surface area contributed by atoms with Crippen molar-refractivity contribution >= 4 is 45.3 Å². The van der Waals surface area contributed by atoms with Crippen LogP contribution in [0.3, 0.4) is 0 Å². The fourth-order valence-corrected chi connectivity index (χ4v) is 11.9. The lowest BCUT2D eigenvalue weighted by Crippen LogP contribution is -2.03. The zero-order valence-electron chi connectivity index (χ0n) is 33.3. The van der Waals surface area contributed by atoms with E-state index in [-0.39, 0.29) is 64.7 Å². The van der Waals surface area contributed by atoms with Crippen LogP contribution in [-0.2, 0) is 7.05 Å². The van der Waals surface area contributed by atoms with E-state index in [1.165, 1.54) is 7.05 Å². The van der Waals surface area contributed by atoms with Gasteiger partial charge in [-0.05, 0) is 48.5 Å². The third-order valence-electron chi connectivity index (χ3n) is 10.6. The lowest BCUT2D eigenvalue weighted by Gasteiger charge is -2.08. The van der Waals surface area contributed by atoms with Crippen LogP contribution in [0, 0.1) is 116 Å². The van der Waals surface area contributed by atoms with Gasteiger partial charge < -0.3 is 4.57 Å². The van der Waals surface area contributed by atoms with Crippen LogP contribution in [0.5, 0.6) is 0 Å². The van der Waals surface area contributed by atoms with Gasteiger partial charge in [0, 0.05) is 47.4 Å². The molecular weight excluding hydrogens is 1060 g/mol. The van der Waals surface area contributed by atoms with E-state index in [0.717, 1.165) is 53.1 Å². The predicted octanol–water partition coefficient (Wildman–Crippen LogP) is 17.4. The average molecular weight is 1070 g/mol. The minimum absolute atomic E-state index is 0.219. The summed E-state index contributed by atoms with van der Waals surface area (Å²) < 4.78 is 295. The Morgan fingerprint density at radius 2 is 0.357 bits per heavy atom. The lowest BCUT2D eigenvalue weighted by atomic mass is 10.0. The van der Waals surface area contributed by atoms with Crippen molar-refractivity contribution in [2.24, 2.45) is 7.05 Å². The van der Waals surface area contributed by atoms with Gasteiger partial charge in [0.2, 0.25) is 23.3 Å². The van der Waals surface area contributed by atoms with Gasteiger partial charge in [0.15, 0.2) is 93.1 Å². The van der Waals surface area contributed by atoms with Crippen molar-refractivity contribution in [3.8, 4) is 83.8 Å². The van der Waals surface area contributed by atoms with Crippen molar-refractivity contribution in [2.45, 2.75) is 0 Å². The molecule has 5 aromatic heterocycles. The first-order chi connectivity index (χ1) is 33.0. The highest BCUT2D eigenvalue weighted by atomic mass is 32.1. The Hall–Kier alpha value is -6.44. The molecule has 70 heavy (non-hydrogen) atoms.